The first-order chi connectivity index (χ1) is 12.0. The Hall–Kier alpha value is -1.65. The van der Waals surface area contributed by atoms with Crippen LogP contribution in [0.5, 0.6) is 0 Å². The van der Waals surface area contributed by atoms with Crippen molar-refractivity contribution in [3.8, 4) is 0 Å². The van der Waals surface area contributed by atoms with Gasteiger partial charge in [0.25, 0.3) is 0 Å². The fourth-order valence-electron chi connectivity index (χ4n) is 2.75. The molecule has 6 nitrogen and oxygen atoms in total. The zero-order valence-corrected chi connectivity index (χ0v) is 17.3. The first-order valence-corrected chi connectivity index (χ1v) is 8.55. The third-order valence-corrected chi connectivity index (χ3v) is 3.88. The number of benzene rings is 1. The number of rotatable bonds is 6. The van der Waals surface area contributed by atoms with Crippen molar-refractivity contribution in [1.82, 2.24) is 16.0 Å². The van der Waals surface area contributed by atoms with E-state index in [1.54, 1.807) is 0 Å². The lowest BCUT2D eigenvalue weighted by Gasteiger charge is -2.21. The van der Waals surface area contributed by atoms with Crippen LogP contribution in [0.15, 0.2) is 23.2 Å². The summed E-state index contributed by atoms with van der Waals surface area (Å²) in [7, 11) is 0. The van der Waals surface area contributed by atoms with Gasteiger partial charge in [0.1, 0.15) is 18.2 Å². The molecule has 1 saturated heterocycles. The number of aliphatic imine (C=N–C) groups is 1. The number of anilines is 1. The molecule has 2 rings (SSSR count). The van der Waals surface area contributed by atoms with Gasteiger partial charge in [0.05, 0.1) is 5.69 Å². The van der Waals surface area contributed by atoms with E-state index in [-0.39, 0.29) is 42.5 Å². The second-order valence-corrected chi connectivity index (χ2v) is 5.82. The van der Waals surface area contributed by atoms with Crippen LogP contribution in [0.3, 0.4) is 0 Å². The molecule has 1 amide bonds. The van der Waals surface area contributed by atoms with Crippen LogP contribution in [0.25, 0.3) is 0 Å². The number of amides is 1. The third-order valence-electron chi connectivity index (χ3n) is 3.88. The smallest absolute Gasteiger partial charge is 0.241 e. The highest BCUT2D eigenvalue weighted by Crippen LogP contribution is 2.24. The molecule has 146 valence electrons. The molecular weight excluding hydrogens is 455 g/mol. The van der Waals surface area contributed by atoms with Crippen LogP contribution >= 0.6 is 24.0 Å². The molecule has 0 radical (unpaired) electrons. The topological polar surface area (TPSA) is 68.8 Å². The van der Waals surface area contributed by atoms with Crippen molar-refractivity contribution in [3.63, 3.8) is 0 Å². The fourth-order valence-corrected chi connectivity index (χ4v) is 2.75. The normalized spacial score (nSPS) is 16.8. The van der Waals surface area contributed by atoms with Crippen LogP contribution in [0, 0.1) is 11.6 Å². The number of hydrogen-bond donors (Lipinski definition) is 3. The second-order valence-electron chi connectivity index (χ2n) is 5.82. The van der Waals surface area contributed by atoms with Crippen molar-refractivity contribution < 1.29 is 13.6 Å². The number of halogens is 3. The van der Waals surface area contributed by atoms with Gasteiger partial charge in [-0.25, -0.2) is 13.8 Å². The van der Waals surface area contributed by atoms with E-state index in [1.807, 2.05) is 18.7 Å². The lowest BCUT2D eigenvalue weighted by molar-refractivity contribution is -0.119. The summed E-state index contributed by atoms with van der Waals surface area (Å²) >= 11 is 0. The van der Waals surface area contributed by atoms with E-state index in [0.29, 0.717) is 37.8 Å². The van der Waals surface area contributed by atoms with Crippen molar-refractivity contribution in [2.75, 3.05) is 37.6 Å². The Morgan fingerprint density at radius 1 is 1.27 bits per heavy atom. The molecule has 1 aromatic rings. The third kappa shape index (κ3) is 6.58. The summed E-state index contributed by atoms with van der Waals surface area (Å²) in [6.07, 6.45) is 0.794. The number of guanidine groups is 1. The molecule has 1 unspecified atom stereocenters. The SMILES string of the molecule is CCNC(=O)CN=C(NCC)NC1CCN(c2ccc(F)cc2F)C1.I. The van der Waals surface area contributed by atoms with Crippen molar-refractivity contribution in [2.45, 2.75) is 26.3 Å². The van der Waals surface area contributed by atoms with Gasteiger partial charge in [0, 0.05) is 38.3 Å². The zero-order chi connectivity index (χ0) is 18.2. The van der Waals surface area contributed by atoms with Gasteiger partial charge < -0.3 is 20.9 Å². The Balaban J connectivity index is 0.00000338. The van der Waals surface area contributed by atoms with Gasteiger partial charge in [-0.05, 0) is 32.4 Å². The Labute approximate surface area is 169 Å². The van der Waals surface area contributed by atoms with E-state index in [2.05, 4.69) is 20.9 Å². The fraction of sp³-hybridized carbons (Fsp3) is 0.529. The minimum atomic E-state index is -0.581. The summed E-state index contributed by atoms with van der Waals surface area (Å²) in [4.78, 5) is 17.7. The van der Waals surface area contributed by atoms with Crippen LogP contribution in [0.2, 0.25) is 0 Å². The van der Waals surface area contributed by atoms with Crippen LogP contribution in [-0.4, -0.2) is 50.6 Å². The summed E-state index contributed by atoms with van der Waals surface area (Å²) < 4.78 is 27.0. The number of likely N-dealkylation sites (N-methyl/N-ethyl adjacent to an activating group) is 1. The average Bonchev–Trinajstić information content (AvgIpc) is 3.01. The predicted octanol–water partition coefficient (Wildman–Crippen LogP) is 1.85. The highest BCUT2D eigenvalue weighted by Gasteiger charge is 2.25. The van der Waals surface area contributed by atoms with Gasteiger partial charge in [-0.1, -0.05) is 0 Å². The Morgan fingerprint density at radius 3 is 2.65 bits per heavy atom. The van der Waals surface area contributed by atoms with Crippen LogP contribution < -0.4 is 20.9 Å². The monoisotopic (exact) mass is 481 g/mol. The lowest BCUT2D eigenvalue weighted by Crippen LogP contribution is -2.45. The van der Waals surface area contributed by atoms with Crippen molar-refractivity contribution in [1.29, 1.82) is 0 Å². The largest absolute Gasteiger partial charge is 0.367 e. The van der Waals surface area contributed by atoms with Gasteiger partial charge in [-0.2, -0.15) is 0 Å². The number of nitrogens with zero attached hydrogens (tertiary/aromatic N) is 2. The molecular formula is C17H26F2IN5O. The van der Waals surface area contributed by atoms with E-state index >= 15 is 0 Å². The van der Waals surface area contributed by atoms with Crippen molar-refractivity contribution >= 4 is 41.5 Å². The molecule has 1 fully saturated rings. The lowest BCUT2D eigenvalue weighted by atomic mass is 10.2. The summed E-state index contributed by atoms with van der Waals surface area (Å²) in [6, 6.07) is 3.68. The van der Waals surface area contributed by atoms with Gasteiger partial charge >= 0.3 is 0 Å². The average molecular weight is 481 g/mol. The van der Waals surface area contributed by atoms with Gasteiger partial charge in [0.15, 0.2) is 5.96 Å². The summed E-state index contributed by atoms with van der Waals surface area (Å²) in [5.41, 5.74) is 0.398. The van der Waals surface area contributed by atoms with Crippen molar-refractivity contribution in [3.05, 3.63) is 29.8 Å². The molecule has 1 aromatic carbocycles. The molecule has 26 heavy (non-hydrogen) atoms. The van der Waals surface area contributed by atoms with E-state index in [9.17, 15) is 13.6 Å². The highest BCUT2D eigenvalue weighted by atomic mass is 127. The van der Waals surface area contributed by atoms with Gasteiger partial charge in [-0.3, -0.25) is 4.79 Å². The summed E-state index contributed by atoms with van der Waals surface area (Å²) in [6.45, 7) is 6.32. The minimum Gasteiger partial charge on any atom is -0.367 e. The molecule has 0 spiro atoms. The number of hydrogen-bond acceptors (Lipinski definition) is 3. The number of nitrogens with one attached hydrogen (secondary N) is 3. The molecule has 0 saturated carbocycles. The quantitative estimate of drug-likeness (QED) is 0.330. The van der Waals surface area contributed by atoms with Crippen LogP contribution in [-0.2, 0) is 4.79 Å². The first-order valence-electron chi connectivity index (χ1n) is 8.55. The number of carbonyl (C=O) groups is 1. The van der Waals surface area contributed by atoms with Crippen molar-refractivity contribution in [2.24, 2.45) is 4.99 Å². The van der Waals surface area contributed by atoms with Gasteiger partial charge in [0.2, 0.25) is 5.91 Å². The summed E-state index contributed by atoms with van der Waals surface area (Å²) in [5, 5.41) is 9.06. The molecule has 1 aliphatic heterocycles. The zero-order valence-electron chi connectivity index (χ0n) is 15.0. The minimum absolute atomic E-state index is 0. The van der Waals surface area contributed by atoms with E-state index in [4.69, 9.17) is 0 Å². The molecule has 1 aliphatic rings. The van der Waals surface area contributed by atoms with Gasteiger partial charge in [-0.15, -0.1) is 24.0 Å². The maximum atomic E-state index is 13.9. The molecule has 0 aromatic heterocycles. The van der Waals surface area contributed by atoms with E-state index < -0.39 is 11.6 Å². The maximum Gasteiger partial charge on any atom is 0.241 e. The van der Waals surface area contributed by atoms with E-state index in [1.165, 1.54) is 12.1 Å². The molecule has 0 aliphatic carbocycles. The maximum absolute atomic E-state index is 13.9. The van der Waals surface area contributed by atoms with E-state index in [0.717, 1.165) is 12.5 Å². The Kier molecular flexibility index (Phi) is 9.60. The molecule has 9 heteroatoms. The highest BCUT2D eigenvalue weighted by molar-refractivity contribution is 14.0. The Morgan fingerprint density at radius 2 is 2.00 bits per heavy atom. The molecule has 0 bridgehead atoms. The van der Waals surface area contributed by atoms with Crippen LogP contribution in [0.1, 0.15) is 20.3 Å². The predicted molar refractivity (Wildman–Crippen MR) is 110 cm³/mol. The molecule has 1 heterocycles. The second kappa shape index (κ2) is 11.1. The Bertz CT molecular complexity index is 629. The standard InChI is InChI=1S/C17H25F2N5O.HI/c1-3-20-16(25)10-22-17(21-4-2)23-13-7-8-24(11-13)15-6-5-12(18)9-14(15)19;/h5-6,9,13H,3-4,7-8,10-11H2,1-2H3,(H,20,25)(H2,21,22,23);1H. The first kappa shape index (κ1) is 22.4. The summed E-state index contributed by atoms with van der Waals surface area (Å²) in [5.74, 6) is -0.721. The number of carbonyl (C=O) groups excluding carboxylic acids is 1. The van der Waals surface area contributed by atoms with Crippen LogP contribution in [0.4, 0.5) is 14.5 Å². The molecule has 3 N–H and O–H groups in total. The molecule has 1 atom stereocenters.